The second kappa shape index (κ2) is 6.49. The van der Waals surface area contributed by atoms with Crippen molar-refractivity contribution in [2.75, 3.05) is 31.1 Å². The third kappa shape index (κ3) is 3.33. The first-order chi connectivity index (χ1) is 10.5. The fraction of sp³-hybridized carbons (Fsp3) is 0.286. The zero-order valence-corrected chi connectivity index (χ0v) is 15.6. The van der Waals surface area contributed by atoms with E-state index in [-0.39, 0.29) is 0 Å². The molecule has 1 aromatic heterocycles. The SMILES string of the molecule is O=S(=O)(c1ccc(Br)s1)N1CCN(c2cccc(Cl)c2)CC1. The van der Waals surface area contributed by atoms with Crippen LogP contribution in [0.2, 0.25) is 5.02 Å². The van der Waals surface area contributed by atoms with E-state index < -0.39 is 10.0 Å². The Labute approximate surface area is 147 Å². The standard InChI is InChI=1S/C14H14BrClN2O2S2/c15-13-4-5-14(21-13)22(19,20)18-8-6-17(7-9-18)12-3-1-2-11(16)10-12/h1-5,10H,6-9H2. The molecular formula is C14H14BrClN2O2S2. The summed E-state index contributed by atoms with van der Waals surface area (Å²) in [4.78, 5) is 2.15. The summed E-state index contributed by atoms with van der Waals surface area (Å²) in [5.74, 6) is 0. The van der Waals surface area contributed by atoms with Gasteiger partial charge in [-0.3, -0.25) is 0 Å². The number of nitrogens with zero attached hydrogens (tertiary/aromatic N) is 2. The van der Waals surface area contributed by atoms with E-state index in [1.165, 1.54) is 11.3 Å². The predicted octanol–water partition coefficient (Wildman–Crippen LogP) is 3.67. The van der Waals surface area contributed by atoms with Gasteiger partial charge in [-0.15, -0.1) is 11.3 Å². The number of sulfonamides is 1. The number of rotatable bonds is 3. The van der Waals surface area contributed by atoms with Gasteiger partial charge in [0.2, 0.25) is 0 Å². The van der Waals surface area contributed by atoms with Crippen molar-refractivity contribution in [3.05, 3.63) is 45.2 Å². The number of halogens is 2. The molecule has 0 saturated carbocycles. The summed E-state index contributed by atoms with van der Waals surface area (Å²) in [6, 6.07) is 11.0. The minimum Gasteiger partial charge on any atom is -0.369 e. The number of benzene rings is 1. The molecular weight excluding hydrogens is 408 g/mol. The van der Waals surface area contributed by atoms with E-state index in [9.17, 15) is 8.42 Å². The van der Waals surface area contributed by atoms with Gasteiger partial charge < -0.3 is 4.90 Å². The molecule has 8 heteroatoms. The number of hydrogen-bond donors (Lipinski definition) is 0. The lowest BCUT2D eigenvalue weighted by Crippen LogP contribution is -2.48. The molecule has 0 atom stereocenters. The number of thiophene rings is 1. The summed E-state index contributed by atoms with van der Waals surface area (Å²) in [7, 11) is -3.39. The van der Waals surface area contributed by atoms with Crippen LogP contribution in [0, 0.1) is 0 Å². The Bertz CT molecular complexity index is 771. The summed E-state index contributed by atoms with van der Waals surface area (Å²) in [5.41, 5.74) is 1.03. The lowest BCUT2D eigenvalue weighted by atomic mass is 10.2. The van der Waals surface area contributed by atoms with Crippen molar-refractivity contribution in [2.45, 2.75) is 4.21 Å². The average Bonchev–Trinajstić information content (AvgIpc) is 2.95. The fourth-order valence-electron chi connectivity index (χ4n) is 2.42. The number of hydrogen-bond acceptors (Lipinski definition) is 4. The van der Waals surface area contributed by atoms with Crippen molar-refractivity contribution in [3.63, 3.8) is 0 Å². The molecule has 3 rings (SSSR count). The van der Waals surface area contributed by atoms with Crippen LogP contribution in [0.4, 0.5) is 5.69 Å². The van der Waals surface area contributed by atoms with E-state index in [1.54, 1.807) is 16.4 Å². The Kier molecular flexibility index (Phi) is 4.80. The Morgan fingerprint density at radius 3 is 2.41 bits per heavy atom. The molecule has 2 heterocycles. The van der Waals surface area contributed by atoms with Gasteiger partial charge in [-0.25, -0.2) is 8.42 Å². The van der Waals surface area contributed by atoms with Crippen molar-refractivity contribution in [1.29, 1.82) is 0 Å². The predicted molar refractivity (Wildman–Crippen MR) is 94.4 cm³/mol. The maximum atomic E-state index is 12.6. The van der Waals surface area contributed by atoms with Crippen LogP contribution >= 0.6 is 38.9 Å². The van der Waals surface area contributed by atoms with E-state index in [0.29, 0.717) is 35.4 Å². The molecule has 22 heavy (non-hydrogen) atoms. The summed E-state index contributed by atoms with van der Waals surface area (Å²) in [5, 5.41) is 0.691. The normalized spacial score (nSPS) is 16.9. The monoisotopic (exact) mass is 420 g/mol. The first-order valence-corrected chi connectivity index (χ1v) is 10.2. The molecule has 0 amide bonds. The second-order valence-electron chi connectivity index (χ2n) is 4.93. The highest BCUT2D eigenvalue weighted by atomic mass is 79.9. The minimum atomic E-state index is -3.39. The average molecular weight is 422 g/mol. The maximum Gasteiger partial charge on any atom is 0.252 e. The molecule has 2 aromatic rings. The van der Waals surface area contributed by atoms with E-state index in [1.807, 2.05) is 24.3 Å². The molecule has 1 aliphatic heterocycles. The molecule has 1 saturated heterocycles. The molecule has 4 nitrogen and oxygen atoms in total. The van der Waals surface area contributed by atoms with Gasteiger partial charge in [-0.2, -0.15) is 4.31 Å². The first kappa shape index (κ1) is 16.3. The van der Waals surface area contributed by atoms with Gasteiger partial charge in [0.05, 0.1) is 3.79 Å². The lowest BCUT2D eigenvalue weighted by Gasteiger charge is -2.35. The highest BCUT2D eigenvalue weighted by Crippen LogP contribution is 2.29. The summed E-state index contributed by atoms with van der Waals surface area (Å²) < 4.78 is 27.9. The van der Waals surface area contributed by atoms with Crippen molar-refractivity contribution >= 4 is 54.6 Å². The molecule has 0 unspecified atom stereocenters. The van der Waals surface area contributed by atoms with E-state index in [2.05, 4.69) is 20.8 Å². The Morgan fingerprint density at radius 2 is 1.82 bits per heavy atom. The molecule has 0 N–H and O–H groups in total. The van der Waals surface area contributed by atoms with Crippen molar-refractivity contribution in [2.24, 2.45) is 0 Å². The summed E-state index contributed by atoms with van der Waals surface area (Å²) in [6.07, 6.45) is 0. The summed E-state index contributed by atoms with van der Waals surface area (Å²) >= 11 is 10.6. The fourth-order valence-corrected chi connectivity index (χ4v) is 6.19. The van der Waals surface area contributed by atoms with Crippen molar-refractivity contribution in [3.8, 4) is 0 Å². The van der Waals surface area contributed by atoms with Crippen molar-refractivity contribution < 1.29 is 8.42 Å². The van der Waals surface area contributed by atoms with Crippen LogP contribution in [-0.2, 0) is 10.0 Å². The maximum absolute atomic E-state index is 12.6. The van der Waals surface area contributed by atoms with Gasteiger partial charge in [-0.1, -0.05) is 17.7 Å². The second-order valence-corrected chi connectivity index (χ2v) is 9.99. The van der Waals surface area contributed by atoms with E-state index >= 15 is 0 Å². The van der Waals surface area contributed by atoms with Crippen LogP contribution in [0.15, 0.2) is 44.4 Å². The van der Waals surface area contributed by atoms with Crippen LogP contribution in [-0.4, -0.2) is 38.9 Å². The van der Waals surface area contributed by atoms with Gasteiger partial charge in [-0.05, 0) is 46.3 Å². The Balaban J connectivity index is 1.72. The summed E-state index contributed by atoms with van der Waals surface area (Å²) in [6.45, 7) is 2.27. The molecule has 1 aromatic carbocycles. The van der Waals surface area contributed by atoms with Crippen LogP contribution in [0.5, 0.6) is 0 Å². The smallest absolute Gasteiger partial charge is 0.252 e. The van der Waals surface area contributed by atoms with Gasteiger partial charge in [0, 0.05) is 36.9 Å². The highest BCUT2D eigenvalue weighted by molar-refractivity contribution is 9.11. The lowest BCUT2D eigenvalue weighted by molar-refractivity contribution is 0.386. The molecule has 0 radical (unpaired) electrons. The Hall–Kier alpha value is -0.600. The third-order valence-corrected chi connectivity index (χ3v) is 7.78. The molecule has 1 aliphatic rings. The van der Waals surface area contributed by atoms with E-state index in [0.717, 1.165) is 9.47 Å². The molecule has 0 aliphatic carbocycles. The van der Waals surface area contributed by atoms with Crippen LogP contribution in [0.25, 0.3) is 0 Å². The van der Waals surface area contributed by atoms with Gasteiger partial charge in [0.25, 0.3) is 10.0 Å². The molecule has 1 fully saturated rings. The van der Waals surface area contributed by atoms with Crippen molar-refractivity contribution in [1.82, 2.24) is 4.31 Å². The first-order valence-electron chi connectivity index (χ1n) is 6.73. The molecule has 118 valence electrons. The largest absolute Gasteiger partial charge is 0.369 e. The highest BCUT2D eigenvalue weighted by Gasteiger charge is 2.29. The minimum absolute atomic E-state index is 0.385. The molecule has 0 spiro atoms. The van der Waals surface area contributed by atoms with Gasteiger partial charge in [0.1, 0.15) is 4.21 Å². The number of piperazine rings is 1. The topological polar surface area (TPSA) is 40.6 Å². The van der Waals surface area contributed by atoms with Crippen LogP contribution in [0.3, 0.4) is 0 Å². The zero-order valence-electron chi connectivity index (χ0n) is 11.6. The molecule has 0 bridgehead atoms. The van der Waals surface area contributed by atoms with Crippen LogP contribution in [0.1, 0.15) is 0 Å². The van der Waals surface area contributed by atoms with Gasteiger partial charge >= 0.3 is 0 Å². The zero-order chi connectivity index (χ0) is 15.7. The number of anilines is 1. The van der Waals surface area contributed by atoms with Gasteiger partial charge in [0.15, 0.2) is 0 Å². The quantitative estimate of drug-likeness (QED) is 0.759. The van der Waals surface area contributed by atoms with E-state index in [4.69, 9.17) is 11.6 Å². The van der Waals surface area contributed by atoms with Crippen LogP contribution < -0.4 is 4.90 Å². The third-order valence-electron chi connectivity index (χ3n) is 3.55. The Morgan fingerprint density at radius 1 is 1.09 bits per heavy atom.